The Morgan fingerprint density at radius 3 is 2.80 bits per heavy atom. The zero-order valence-corrected chi connectivity index (χ0v) is 9.07. The van der Waals surface area contributed by atoms with Gasteiger partial charge in [-0.1, -0.05) is 6.42 Å². The lowest BCUT2D eigenvalue weighted by Gasteiger charge is -2.21. The number of amides is 1. The zero-order valence-electron chi connectivity index (χ0n) is 9.07. The van der Waals surface area contributed by atoms with E-state index in [-0.39, 0.29) is 24.3 Å². The summed E-state index contributed by atoms with van der Waals surface area (Å²) in [6.45, 7) is 1.17. The topological polar surface area (TPSA) is 72.6 Å². The summed E-state index contributed by atoms with van der Waals surface area (Å²) in [6, 6.07) is 0. The van der Waals surface area contributed by atoms with E-state index in [4.69, 9.17) is 5.73 Å². The van der Waals surface area contributed by atoms with Gasteiger partial charge in [-0.15, -0.1) is 0 Å². The van der Waals surface area contributed by atoms with Crippen LogP contribution in [0.1, 0.15) is 19.3 Å². The Morgan fingerprint density at radius 2 is 2.20 bits per heavy atom. The van der Waals surface area contributed by atoms with Gasteiger partial charge in [0.15, 0.2) is 5.78 Å². The molecule has 1 amide bonds. The van der Waals surface area contributed by atoms with Gasteiger partial charge in [-0.25, -0.2) is 4.79 Å². The zero-order chi connectivity index (χ0) is 11.3. The van der Waals surface area contributed by atoms with Gasteiger partial charge in [-0.2, -0.15) is 0 Å². The van der Waals surface area contributed by atoms with Crippen LogP contribution in [0.25, 0.3) is 0 Å². The van der Waals surface area contributed by atoms with E-state index < -0.39 is 0 Å². The van der Waals surface area contributed by atoms with Gasteiger partial charge in [0.05, 0.1) is 13.7 Å². The van der Waals surface area contributed by atoms with Gasteiger partial charge in [0.1, 0.15) is 0 Å². The number of Topliss-reactive ketones (excluding diaryl/α,β-unsaturated/α-hetero) is 1. The van der Waals surface area contributed by atoms with Crippen LogP contribution in [-0.2, 0) is 9.53 Å². The monoisotopic (exact) mass is 214 g/mol. The van der Waals surface area contributed by atoms with Crippen molar-refractivity contribution in [3.63, 3.8) is 0 Å². The van der Waals surface area contributed by atoms with Crippen LogP contribution < -0.4 is 5.73 Å². The van der Waals surface area contributed by atoms with Gasteiger partial charge in [0, 0.05) is 19.0 Å². The molecule has 0 spiro atoms. The van der Waals surface area contributed by atoms with Crippen LogP contribution in [-0.4, -0.2) is 43.5 Å². The molecule has 1 atom stereocenters. The molecule has 0 radical (unpaired) electrons. The predicted molar refractivity (Wildman–Crippen MR) is 55.4 cm³/mol. The van der Waals surface area contributed by atoms with Gasteiger partial charge < -0.3 is 15.4 Å². The largest absolute Gasteiger partial charge is 0.453 e. The van der Waals surface area contributed by atoms with E-state index in [9.17, 15) is 9.59 Å². The highest BCUT2D eigenvalue weighted by atomic mass is 16.5. The van der Waals surface area contributed by atoms with Crippen molar-refractivity contribution in [2.75, 3.05) is 26.7 Å². The molecule has 15 heavy (non-hydrogen) atoms. The molecule has 1 aliphatic heterocycles. The number of methoxy groups -OCH3 is 1. The molecule has 1 heterocycles. The van der Waals surface area contributed by atoms with Gasteiger partial charge in [0.25, 0.3) is 0 Å². The van der Waals surface area contributed by atoms with Crippen molar-refractivity contribution >= 4 is 11.9 Å². The van der Waals surface area contributed by atoms with Crippen LogP contribution in [0.15, 0.2) is 0 Å². The quantitative estimate of drug-likeness (QED) is 0.721. The summed E-state index contributed by atoms with van der Waals surface area (Å²) >= 11 is 0. The van der Waals surface area contributed by atoms with E-state index in [0.29, 0.717) is 13.1 Å². The van der Waals surface area contributed by atoms with Crippen molar-refractivity contribution in [3.05, 3.63) is 0 Å². The van der Waals surface area contributed by atoms with Crippen LogP contribution in [0, 0.1) is 5.92 Å². The van der Waals surface area contributed by atoms with Crippen molar-refractivity contribution in [2.24, 2.45) is 11.7 Å². The molecule has 0 bridgehead atoms. The van der Waals surface area contributed by atoms with Crippen molar-refractivity contribution in [1.82, 2.24) is 4.90 Å². The van der Waals surface area contributed by atoms with E-state index in [0.717, 1.165) is 19.3 Å². The fourth-order valence-electron chi connectivity index (χ4n) is 1.87. The lowest BCUT2D eigenvalue weighted by Crippen LogP contribution is -2.38. The number of ether oxygens (including phenoxy) is 1. The van der Waals surface area contributed by atoms with Crippen molar-refractivity contribution in [1.29, 1.82) is 0 Å². The predicted octanol–water partition coefficient (Wildman–Crippen LogP) is 0.383. The average Bonchev–Trinajstić information content (AvgIpc) is 2.52. The van der Waals surface area contributed by atoms with E-state index in [1.54, 1.807) is 4.90 Å². The van der Waals surface area contributed by atoms with E-state index in [1.807, 2.05) is 0 Å². The lowest BCUT2D eigenvalue weighted by molar-refractivity contribution is -0.121. The van der Waals surface area contributed by atoms with Crippen molar-refractivity contribution in [3.8, 4) is 0 Å². The van der Waals surface area contributed by atoms with Crippen LogP contribution in [0.4, 0.5) is 4.79 Å². The fraction of sp³-hybridized carbons (Fsp3) is 0.800. The number of ketones is 1. The maximum absolute atomic E-state index is 11.5. The molecule has 0 saturated carbocycles. The average molecular weight is 214 g/mol. The summed E-state index contributed by atoms with van der Waals surface area (Å²) in [5.41, 5.74) is 5.32. The molecule has 0 aliphatic carbocycles. The normalized spacial score (nSPS) is 22.0. The van der Waals surface area contributed by atoms with E-state index >= 15 is 0 Å². The first-order valence-corrected chi connectivity index (χ1v) is 5.24. The first-order chi connectivity index (χ1) is 7.19. The highest BCUT2D eigenvalue weighted by Gasteiger charge is 2.26. The molecule has 0 aromatic carbocycles. The number of carbonyl (C=O) groups excluding carboxylic acids is 2. The molecule has 1 fully saturated rings. The molecular formula is C10H18N2O3. The summed E-state index contributed by atoms with van der Waals surface area (Å²) in [6.07, 6.45) is 2.35. The molecule has 1 unspecified atom stereocenters. The second-order valence-corrected chi connectivity index (χ2v) is 3.78. The molecule has 1 aliphatic rings. The Morgan fingerprint density at radius 1 is 1.47 bits per heavy atom. The van der Waals surface area contributed by atoms with Crippen molar-refractivity contribution < 1.29 is 14.3 Å². The lowest BCUT2D eigenvalue weighted by atomic mass is 9.98. The highest BCUT2D eigenvalue weighted by Crippen LogP contribution is 2.17. The Balaban J connectivity index is 2.60. The Kier molecular flexibility index (Phi) is 4.55. The smallest absolute Gasteiger partial charge is 0.409 e. The minimum atomic E-state index is -0.355. The molecule has 1 rings (SSSR count). The molecule has 2 N–H and O–H groups in total. The van der Waals surface area contributed by atoms with Crippen LogP contribution in [0.5, 0.6) is 0 Å². The first-order valence-electron chi connectivity index (χ1n) is 5.24. The number of hydrogen-bond acceptors (Lipinski definition) is 4. The minimum absolute atomic E-state index is 0.0332. The standard InChI is InChI=1S/C10H18N2O3/c1-15-10(14)12-5-3-2-4-8(7-12)9(13)6-11/h8H,2-7,11H2,1H3. The number of nitrogens with two attached hydrogens (primary N) is 1. The molecule has 0 aromatic heterocycles. The molecule has 1 saturated heterocycles. The Hall–Kier alpha value is -1.10. The van der Waals surface area contributed by atoms with E-state index in [1.165, 1.54) is 7.11 Å². The Labute approximate surface area is 89.6 Å². The van der Waals surface area contributed by atoms with Gasteiger partial charge >= 0.3 is 6.09 Å². The molecule has 5 nitrogen and oxygen atoms in total. The highest BCUT2D eigenvalue weighted by molar-refractivity contribution is 5.83. The molecular weight excluding hydrogens is 196 g/mol. The summed E-state index contributed by atoms with van der Waals surface area (Å²) < 4.78 is 4.65. The second kappa shape index (κ2) is 5.70. The third kappa shape index (κ3) is 3.20. The molecule has 5 heteroatoms. The SMILES string of the molecule is COC(=O)N1CCCCC(C(=O)CN)C1. The van der Waals surface area contributed by atoms with Gasteiger partial charge in [-0.05, 0) is 12.8 Å². The molecule has 86 valence electrons. The summed E-state index contributed by atoms with van der Waals surface area (Å²) in [5, 5.41) is 0. The van der Waals surface area contributed by atoms with Gasteiger partial charge in [0.2, 0.25) is 0 Å². The summed E-state index contributed by atoms with van der Waals surface area (Å²) in [4.78, 5) is 24.4. The molecule has 0 aromatic rings. The fourth-order valence-corrected chi connectivity index (χ4v) is 1.87. The third-order valence-electron chi connectivity index (χ3n) is 2.76. The number of nitrogens with zero attached hydrogens (tertiary/aromatic N) is 1. The van der Waals surface area contributed by atoms with E-state index in [2.05, 4.69) is 4.74 Å². The van der Waals surface area contributed by atoms with Crippen LogP contribution in [0.3, 0.4) is 0 Å². The second-order valence-electron chi connectivity index (χ2n) is 3.78. The maximum atomic E-state index is 11.5. The number of hydrogen-bond donors (Lipinski definition) is 1. The maximum Gasteiger partial charge on any atom is 0.409 e. The summed E-state index contributed by atoms with van der Waals surface area (Å²) in [5.74, 6) is -0.0811. The van der Waals surface area contributed by atoms with Crippen LogP contribution in [0.2, 0.25) is 0 Å². The Bertz CT molecular complexity index is 219. The third-order valence-corrected chi connectivity index (χ3v) is 2.76. The number of carbonyl (C=O) groups is 2. The summed E-state index contributed by atoms with van der Waals surface area (Å²) in [7, 11) is 1.35. The number of rotatable bonds is 2. The number of likely N-dealkylation sites (tertiary alicyclic amines) is 1. The van der Waals surface area contributed by atoms with Gasteiger partial charge in [-0.3, -0.25) is 4.79 Å². The minimum Gasteiger partial charge on any atom is -0.453 e. The van der Waals surface area contributed by atoms with Crippen molar-refractivity contribution in [2.45, 2.75) is 19.3 Å². The first kappa shape index (κ1) is 12.0. The van der Waals surface area contributed by atoms with Crippen LogP contribution >= 0.6 is 0 Å².